The summed E-state index contributed by atoms with van der Waals surface area (Å²) in [7, 11) is 4.72. The number of nitrogens with one attached hydrogen (secondary N) is 1. The summed E-state index contributed by atoms with van der Waals surface area (Å²) in [6.07, 6.45) is 0. The standard InChI is InChI=1S/C19H17N3O4S2/c1-24-10-4-5-16-13(6-10)21-19(28-16)27-9-17-20-12-8-15(26-3)14(25-2)7-11(12)18(23)22-17/h4-8H,9H2,1-3H3,(H,20,22,23). The molecule has 2 aromatic carbocycles. The van der Waals surface area contributed by atoms with Gasteiger partial charge in [0.15, 0.2) is 15.8 Å². The van der Waals surface area contributed by atoms with Gasteiger partial charge < -0.3 is 19.2 Å². The molecule has 144 valence electrons. The van der Waals surface area contributed by atoms with Crippen LogP contribution >= 0.6 is 23.1 Å². The lowest BCUT2D eigenvalue weighted by atomic mass is 10.2. The van der Waals surface area contributed by atoms with Crippen LogP contribution in [0.2, 0.25) is 0 Å². The smallest absolute Gasteiger partial charge is 0.258 e. The lowest BCUT2D eigenvalue weighted by Gasteiger charge is -2.09. The van der Waals surface area contributed by atoms with Crippen LogP contribution in [0.1, 0.15) is 5.82 Å². The van der Waals surface area contributed by atoms with Crippen molar-refractivity contribution >= 4 is 44.2 Å². The van der Waals surface area contributed by atoms with Crippen molar-refractivity contribution < 1.29 is 14.2 Å². The van der Waals surface area contributed by atoms with E-state index in [1.54, 1.807) is 37.7 Å². The summed E-state index contributed by atoms with van der Waals surface area (Å²) < 4.78 is 17.8. The van der Waals surface area contributed by atoms with E-state index in [1.165, 1.54) is 18.9 Å². The van der Waals surface area contributed by atoms with Crippen molar-refractivity contribution in [1.82, 2.24) is 15.0 Å². The van der Waals surface area contributed by atoms with Gasteiger partial charge in [0.25, 0.3) is 5.56 Å². The maximum Gasteiger partial charge on any atom is 0.258 e. The zero-order chi connectivity index (χ0) is 19.7. The summed E-state index contributed by atoms with van der Waals surface area (Å²) in [4.78, 5) is 24.5. The van der Waals surface area contributed by atoms with Crippen molar-refractivity contribution in [3.8, 4) is 17.2 Å². The van der Waals surface area contributed by atoms with Gasteiger partial charge in [0.05, 0.1) is 48.2 Å². The summed E-state index contributed by atoms with van der Waals surface area (Å²) in [6, 6.07) is 9.16. The van der Waals surface area contributed by atoms with Crippen LogP contribution in [0.3, 0.4) is 0 Å². The second kappa shape index (κ2) is 7.69. The van der Waals surface area contributed by atoms with E-state index < -0.39 is 0 Å². The number of thioether (sulfide) groups is 1. The third-order valence-electron chi connectivity index (χ3n) is 4.17. The molecule has 0 spiro atoms. The lowest BCUT2D eigenvalue weighted by Crippen LogP contribution is -2.11. The Labute approximate surface area is 168 Å². The predicted molar refractivity (Wildman–Crippen MR) is 111 cm³/mol. The van der Waals surface area contributed by atoms with Gasteiger partial charge in [-0.2, -0.15) is 0 Å². The predicted octanol–water partition coefficient (Wildman–Crippen LogP) is 3.85. The summed E-state index contributed by atoms with van der Waals surface area (Å²) in [5, 5.41) is 0.457. The van der Waals surface area contributed by atoms with E-state index in [0.29, 0.717) is 34.0 Å². The van der Waals surface area contributed by atoms with Gasteiger partial charge in [-0.25, -0.2) is 9.97 Å². The summed E-state index contributed by atoms with van der Waals surface area (Å²) in [5.41, 5.74) is 1.24. The number of aromatic nitrogens is 3. The minimum absolute atomic E-state index is 0.212. The van der Waals surface area contributed by atoms with E-state index in [1.807, 2.05) is 18.2 Å². The van der Waals surface area contributed by atoms with Crippen molar-refractivity contribution in [2.45, 2.75) is 10.1 Å². The van der Waals surface area contributed by atoms with Gasteiger partial charge in [0.2, 0.25) is 0 Å². The molecule has 2 aromatic heterocycles. The largest absolute Gasteiger partial charge is 0.497 e. The quantitative estimate of drug-likeness (QED) is 0.479. The first-order valence-corrected chi connectivity index (χ1v) is 10.1. The van der Waals surface area contributed by atoms with Gasteiger partial charge in [-0.15, -0.1) is 11.3 Å². The van der Waals surface area contributed by atoms with Gasteiger partial charge in [-0.3, -0.25) is 4.79 Å². The number of fused-ring (bicyclic) bond motifs is 2. The highest BCUT2D eigenvalue weighted by Gasteiger charge is 2.12. The Balaban J connectivity index is 1.62. The van der Waals surface area contributed by atoms with Crippen LogP contribution in [0.15, 0.2) is 39.5 Å². The number of H-pyrrole nitrogens is 1. The third kappa shape index (κ3) is 3.50. The number of hydrogen-bond acceptors (Lipinski definition) is 8. The number of benzene rings is 2. The van der Waals surface area contributed by atoms with E-state index in [9.17, 15) is 4.79 Å². The Hall–Kier alpha value is -2.78. The van der Waals surface area contributed by atoms with Crippen molar-refractivity contribution in [3.63, 3.8) is 0 Å². The highest BCUT2D eigenvalue weighted by molar-refractivity contribution is 8.00. The van der Waals surface area contributed by atoms with E-state index in [4.69, 9.17) is 14.2 Å². The minimum atomic E-state index is -0.212. The van der Waals surface area contributed by atoms with Crippen molar-refractivity contribution in [1.29, 1.82) is 0 Å². The number of hydrogen-bond donors (Lipinski definition) is 1. The maximum atomic E-state index is 12.5. The Morgan fingerprint density at radius 2 is 1.79 bits per heavy atom. The van der Waals surface area contributed by atoms with Crippen molar-refractivity contribution in [2.75, 3.05) is 21.3 Å². The molecular weight excluding hydrogens is 398 g/mol. The molecule has 0 aliphatic carbocycles. The first kappa shape index (κ1) is 18.6. The van der Waals surface area contributed by atoms with Crippen molar-refractivity contribution in [2.24, 2.45) is 0 Å². The Kier molecular flexibility index (Phi) is 5.10. The number of aromatic amines is 1. The van der Waals surface area contributed by atoms with Crippen molar-refractivity contribution in [3.05, 3.63) is 46.5 Å². The number of ether oxygens (including phenoxy) is 3. The first-order chi connectivity index (χ1) is 13.6. The Morgan fingerprint density at radius 3 is 2.54 bits per heavy atom. The van der Waals surface area contributed by atoms with Crippen LogP contribution in [-0.4, -0.2) is 36.3 Å². The highest BCUT2D eigenvalue weighted by Crippen LogP contribution is 2.33. The molecule has 4 rings (SSSR count). The third-order valence-corrected chi connectivity index (χ3v) is 6.36. The minimum Gasteiger partial charge on any atom is -0.497 e. The first-order valence-electron chi connectivity index (χ1n) is 8.33. The number of rotatable bonds is 6. The fourth-order valence-corrected chi connectivity index (χ4v) is 4.71. The monoisotopic (exact) mass is 415 g/mol. The fourth-order valence-electron chi connectivity index (χ4n) is 2.79. The zero-order valence-corrected chi connectivity index (χ0v) is 17.1. The lowest BCUT2D eigenvalue weighted by molar-refractivity contribution is 0.355. The second-order valence-electron chi connectivity index (χ2n) is 5.84. The molecule has 0 saturated heterocycles. The molecular formula is C19H17N3O4S2. The fraction of sp³-hybridized carbons (Fsp3) is 0.211. The van der Waals surface area contributed by atoms with E-state index in [0.717, 1.165) is 20.3 Å². The highest BCUT2D eigenvalue weighted by atomic mass is 32.2. The second-order valence-corrected chi connectivity index (χ2v) is 8.09. The van der Waals surface area contributed by atoms with Crippen LogP contribution in [0.5, 0.6) is 17.2 Å². The van der Waals surface area contributed by atoms with Crippen LogP contribution in [0.4, 0.5) is 0 Å². The van der Waals surface area contributed by atoms with Crippen LogP contribution in [0.25, 0.3) is 21.1 Å². The normalized spacial score (nSPS) is 11.1. The summed E-state index contributed by atoms with van der Waals surface area (Å²) in [5.74, 6) is 2.88. The summed E-state index contributed by atoms with van der Waals surface area (Å²) in [6.45, 7) is 0. The van der Waals surface area contributed by atoms with Gasteiger partial charge in [-0.05, 0) is 18.2 Å². The molecule has 0 amide bonds. The number of methoxy groups -OCH3 is 3. The molecule has 9 heteroatoms. The molecule has 28 heavy (non-hydrogen) atoms. The molecule has 0 unspecified atom stereocenters. The molecule has 0 saturated carbocycles. The van der Waals surface area contributed by atoms with E-state index >= 15 is 0 Å². The number of nitrogens with zero attached hydrogens (tertiary/aromatic N) is 2. The molecule has 0 aliphatic heterocycles. The van der Waals surface area contributed by atoms with Crippen LogP contribution in [-0.2, 0) is 5.75 Å². The van der Waals surface area contributed by atoms with Crippen LogP contribution < -0.4 is 19.8 Å². The molecule has 7 nitrogen and oxygen atoms in total. The molecule has 4 aromatic rings. The van der Waals surface area contributed by atoms with E-state index in [2.05, 4.69) is 15.0 Å². The molecule has 0 radical (unpaired) electrons. The molecule has 0 bridgehead atoms. The topological polar surface area (TPSA) is 86.3 Å². The van der Waals surface area contributed by atoms with E-state index in [-0.39, 0.29) is 5.56 Å². The average molecular weight is 415 g/mol. The van der Waals surface area contributed by atoms with Crippen LogP contribution in [0, 0.1) is 0 Å². The zero-order valence-electron chi connectivity index (χ0n) is 15.4. The van der Waals surface area contributed by atoms with Gasteiger partial charge in [0.1, 0.15) is 11.6 Å². The average Bonchev–Trinajstić information content (AvgIpc) is 3.13. The number of thiazole rings is 1. The van der Waals surface area contributed by atoms with Gasteiger partial charge in [0, 0.05) is 12.1 Å². The SMILES string of the molecule is COc1ccc2sc(SCc3nc4cc(OC)c(OC)cc4c(=O)[nH]3)nc2c1. The summed E-state index contributed by atoms with van der Waals surface area (Å²) >= 11 is 3.12. The molecule has 2 heterocycles. The molecule has 1 N–H and O–H groups in total. The Morgan fingerprint density at radius 1 is 1.00 bits per heavy atom. The maximum absolute atomic E-state index is 12.5. The molecule has 0 atom stereocenters. The van der Waals surface area contributed by atoms with Gasteiger partial charge in [-0.1, -0.05) is 11.8 Å². The van der Waals surface area contributed by atoms with Gasteiger partial charge >= 0.3 is 0 Å². The molecule has 0 fully saturated rings. The molecule has 0 aliphatic rings. The Bertz CT molecular complexity index is 1220.